The Balaban J connectivity index is 0. The molecule has 0 amide bonds. The van der Waals surface area contributed by atoms with E-state index in [1.165, 1.54) is 0 Å². The Labute approximate surface area is 124 Å². The van der Waals surface area contributed by atoms with Crippen molar-refractivity contribution in [1.29, 1.82) is 0 Å². The molecule has 0 aliphatic heterocycles. The zero-order chi connectivity index (χ0) is 15.8. The SMILES string of the molecule is [C-]#[O+].[C-]#[O+].[C-]#[O+].[Cr]=[C](Oc1ccccc1)c1ccco1. The average molecular weight is 308 g/mol. The van der Waals surface area contributed by atoms with Crippen molar-refractivity contribution in [2.24, 2.45) is 0 Å². The van der Waals surface area contributed by atoms with E-state index in [0.29, 0.717) is 10.3 Å². The molecule has 0 fully saturated rings. The van der Waals surface area contributed by atoms with Crippen LogP contribution in [0.5, 0.6) is 5.75 Å². The Morgan fingerprint density at radius 1 is 0.900 bits per heavy atom. The van der Waals surface area contributed by atoms with E-state index in [1.54, 1.807) is 6.26 Å². The summed E-state index contributed by atoms with van der Waals surface area (Å²) in [7, 11) is 0. The van der Waals surface area contributed by atoms with Crippen LogP contribution < -0.4 is 4.74 Å². The molecule has 2 aromatic rings. The molecule has 0 aliphatic rings. The maximum atomic E-state index is 7.50. The van der Waals surface area contributed by atoms with Crippen molar-refractivity contribution in [3.05, 3.63) is 74.4 Å². The molecule has 0 unspecified atom stereocenters. The second kappa shape index (κ2) is 15.0. The molecule has 5 nitrogen and oxygen atoms in total. The molecule has 1 aromatic heterocycles. The van der Waals surface area contributed by atoms with Gasteiger partial charge in [0.2, 0.25) is 0 Å². The first-order valence-corrected chi connectivity index (χ1v) is 5.42. The minimum atomic E-state index is 0.640. The number of furan rings is 1. The number of rotatable bonds is 3. The van der Waals surface area contributed by atoms with E-state index in [1.807, 2.05) is 42.5 Å². The Bertz CT molecular complexity index is 511. The molecule has 0 saturated carbocycles. The third-order valence-electron chi connectivity index (χ3n) is 1.68. The summed E-state index contributed by atoms with van der Waals surface area (Å²) in [6, 6.07) is 13.2. The maximum absolute atomic E-state index is 7.50. The van der Waals surface area contributed by atoms with Gasteiger partial charge in [-0.1, -0.05) is 0 Å². The van der Waals surface area contributed by atoms with Crippen molar-refractivity contribution in [2.75, 3.05) is 0 Å². The molecule has 2 rings (SSSR count). The van der Waals surface area contributed by atoms with Gasteiger partial charge in [0, 0.05) is 0 Å². The minimum absolute atomic E-state index is 0.640. The van der Waals surface area contributed by atoms with Crippen molar-refractivity contribution < 1.29 is 39.0 Å². The van der Waals surface area contributed by atoms with Crippen LogP contribution in [0.2, 0.25) is 0 Å². The zero-order valence-corrected chi connectivity index (χ0v) is 11.3. The number of para-hydroxylation sites is 1. The van der Waals surface area contributed by atoms with Crippen molar-refractivity contribution >= 4 is 4.57 Å². The second-order valence-corrected chi connectivity index (χ2v) is 3.26. The molecule has 6 heteroatoms. The summed E-state index contributed by atoms with van der Waals surface area (Å²) in [5, 5.41) is 0. The monoisotopic (exact) mass is 308 g/mol. The van der Waals surface area contributed by atoms with E-state index in [9.17, 15) is 0 Å². The molecule has 0 bridgehead atoms. The van der Waals surface area contributed by atoms with Crippen LogP contribution >= 0.6 is 0 Å². The van der Waals surface area contributed by atoms with Crippen molar-refractivity contribution in [3.63, 3.8) is 0 Å². The summed E-state index contributed by atoms with van der Waals surface area (Å²) >= 11 is 2.83. The predicted molar refractivity (Wildman–Crippen MR) is 61.7 cm³/mol. The fraction of sp³-hybridized carbons (Fsp3) is 0. The van der Waals surface area contributed by atoms with Gasteiger partial charge in [0.25, 0.3) is 0 Å². The molecule has 0 radical (unpaired) electrons. The third-order valence-corrected chi connectivity index (χ3v) is 2.12. The average Bonchev–Trinajstić information content (AvgIpc) is 3.09. The Morgan fingerprint density at radius 3 is 1.90 bits per heavy atom. The van der Waals surface area contributed by atoms with E-state index < -0.39 is 0 Å². The molecular weight excluding hydrogens is 300 g/mol. The third kappa shape index (κ3) is 8.10. The molecule has 1 heterocycles. The van der Waals surface area contributed by atoms with E-state index >= 15 is 0 Å². The molecule has 0 spiro atoms. The molecule has 0 aliphatic carbocycles. The van der Waals surface area contributed by atoms with E-state index in [4.69, 9.17) is 23.1 Å². The first-order valence-electron chi connectivity index (χ1n) is 4.78. The Hall–Kier alpha value is -2.08. The van der Waals surface area contributed by atoms with Crippen LogP contribution in [0.1, 0.15) is 5.76 Å². The van der Waals surface area contributed by atoms with Crippen molar-refractivity contribution in [3.8, 4) is 5.75 Å². The summed E-state index contributed by atoms with van der Waals surface area (Å²) in [5.41, 5.74) is 0. The predicted octanol–water partition coefficient (Wildman–Crippen LogP) is 2.27. The molecule has 100 valence electrons. The fourth-order valence-corrected chi connectivity index (χ4v) is 1.37. The van der Waals surface area contributed by atoms with Crippen molar-refractivity contribution in [2.45, 2.75) is 0 Å². The number of hydrogen-bond donors (Lipinski definition) is 0. The Morgan fingerprint density at radius 2 is 1.45 bits per heavy atom. The molecule has 0 saturated heterocycles. The zero-order valence-electron chi connectivity index (χ0n) is 10.1. The molecule has 1 aromatic carbocycles. The number of ether oxygens (including phenoxy) is 1. The van der Waals surface area contributed by atoms with Crippen LogP contribution in [-0.4, -0.2) is 4.57 Å². The fourth-order valence-electron chi connectivity index (χ4n) is 1.04. The summed E-state index contributed by atoms with van der Waals surface area (Å²) < 4.78 is 33.8. The van der Waals surface area contributed by atoms with Gasteiger partial charge in [-0.3, -0.25) is 0 Å². The molecule has 20 heavy (non-hydrogen) atoms. The van der Waals surface area contributed by atoms with Crippen LogP contribution in [0.25, 0.3) is 0 Å². The second-order valence-electron chi connectivity index (χ2n) is 2.68. The summed E-state index contributed by atoms with van der Waals surface area (Å²) in [6.45, 7) is 13.5. The summed E-state index contributed by atoms with van der Waals surface area (Å²) in [4.78, 5) is 0. The van der Waals surface area contributed by atoms with E-state index in [2.05, 4.69) is 35.8 Å². The summed E-state index contributed by atoms with van der Waals surface area (Å²) in [6.07, 6.45) is 1.61. The van der Waals surface area contributed by atoms with Crippen LogP contribution in [0.15, 0.2) is 53.1 Å². The van der Waals surface area contributed by atoms with Gasteiger partial charge in [-0.05, 0) is 0 Å². The number of benzene rings is 1. The van der Waals surface area contributed by atoms with Crippen LogP contribution in [0.3, 0.4) is 0 Å². The standard InChI is InChI=1S/C11H8O2.3CO.Cr/c1-2-5-10(6-3-1)13-9-11-7-4-8-12-11;3*1-2;/h1-8H;;;;. The van der Waals surface area contributed by atoms with Crippen molar-refractivity contribution in [1.82, 2.24) is 0 Å². The summed E-state index contributed by atoms with van der Waals surface area (Å²) in [5.74, 6) is 1.49. The molecule has 0 N–H and O–H groups in total. The van der Waals surface area contributed by atoms with Gasteiger partial charge < -0.3 is 0 Å². The van der Waals surface area contributed by atoms with Crippen LogP contribution in [0, 0.1) is 20.0 Å². The normalized spacial score (nSPS) is 7.10. The Kier molecular flexibility index (Phi) is 15.2. The quantitative estimate of drug-likeness (QED) is 0.643. The number of hydrogen-bond acceptors (Lipinski definition) is 2. The van der Waals surface area contributed by atoms with Gasteiger partial charge >= 0.3 is 124 Å². The van der Waals surface area contributed by atoms with Gasteiger partial charge in [-0.15, -0.1) is 0 Å². The van der Waals surface area contributed by atoms with E-state index in [-0.39, 0.29) is 0 Å². The molecular formula is C14H8CrO5. The van der Waals surface area contributed by atoms with Gasteiger partial charge in [0.1, 0.15) is 0 Å². The van der Waals surface area contributed by atoms with Gasteiger partial charge in [0.05, 0.1) is 0 Å². The van der Waals surface area contributed by atoms with Gasteiger partial charge in [-0.25, -0.2) is 0 Å². The van der Waals surface area contributed by atoms with Gasteiger partial charge in [0.15, 0.2) is 0 Å². The first-order chi connectivity index (χ1) is 9.86. The first kappa shape index (κ1) is 20.2. The van der Waals surface area contributed by atoms with E-state index in [0.717, 1.165) is 5.75 Å². The molecule has 0 atom stereocenters. The van der Waals surface area contributed by atoms with Crippen LogP contribution in [0.4, 0.5) is 0 Å². The van der Waals surface area contributed by atoms with Gasteiger partial charge in [-0.2, -0.15) is 0 Å². The van der Waals surface area contributed by atoms with Crippen LogP contribution in [-0.2, 0) is 29.8 Å². The topological polar surface area (TPSA) is 82.1 Å².